The molecule has 0 aliphatic heterocycles. The summed E-state index contributed by atoms with van der Waals surface area (Å²) in [6, 6.07) is 19.5. The van der Waals surface area contributed by atoms with Crippen molar-refractivity contribution in [3.05, 3.63) is 95.8 Å². The molecule has 0 spiro atoms. The van der Waals surface area contributed by atoms with Crippen molar-refractivity contribution in [2.45, 2.75) is 45.2 Å². The van der Waals surface area contributed by atoms with Crippen molar-refractivity contribution < 1.29 is 22.4 Å². The fourth-order valence-corrected chi connectivity index (χ4v) is 5.26. The van der Waals surface area contributed by atoms with Gasteiger partial charge in [0.05, 0.1) is 10.6 Å². The summed E-state index contributed by atoms with van der Waals surface area (Å²) in [4.78, 5) is 28.0. The lowest BCUT2D eigenvalue weighted by Crippen LogP contribution is -2.51. The Kier molecular flexibility index (Phi) is 9.63. The van der Waals surface area contributed by atoms with E-state index in [9.17, 15) is 22.4 Å². The molecule has 3 aromatic rings. The number of hydrogen-bond donors (Lipinski definition) is 1. The van der Waals surface area contributed by atoms with E-state index in [-0.39, 0.29) is 29.0 Å². The van der Waals surface area contributed by atoms with Crippen LogP contribution < -0.4 is 9.62 Å². The van der Waals surface area contributed by atoms with Crippen LogP contribution in [0, 0.1) is 18.7 Å². The van der Waals surface area contributed by atoms with Gasteiger partial charge in [0.1, 0.15) is 18.4 Å². The van der Waals surface area contributed by atoms with Crippen LogP contribution in [-0.2, 0) is 26.2 Å². The monoisotopic (exact) mass is 539 g/mol. The number of aryl methyl sites for hydroxylation is 1. The average molecular weight is 540 g/mol. The normalized spacial score (nSPS) is 12.2. The van der Waals surface area contributed by atoms with Crippen molar-refractivity contribution in [2.75, 3.05) is 17.4 Å². The fourth-order valence-electron chi connectivity index (χ4n) is 3.81. The number of para-hydroxylation sites is 1. The molecule has 3 aromatic carbocycles. The zero-order chi connectivity index (χ0) is 27.9. The molecule has 0 heterocycles. The second kappa shape index (κ2) is 12.7. The molecule has 0 aliphatic carbocycles. The van der Waals surface area contributed by atoms with Gasteiger partial charge in [0.15, 0.2) is 0 Å². The smallest absolute Gasteiger partial charge is 0.264 e. The molecule has 3 rings (SSSR count). The summed E-state index contributed by atoms with van der Waals surface area (Å²) in [6.07, 6.45) is 0. The van der Waals surface area contributed by atoms with E-state index in [1.165, 1.54) is 35.2 Å². The summed E-state index contributed by atoms with van der Waals surface area (Å²) < 4.78 is 42.9. The molecule has 0 saturated carbocycles. The number of hydrogen-bond acceptors (Lipinski definition) is 4. The summed E-state index contributed by atoms with van der Waals surface area (Å²) in [7, 11) is -4.31. The number of benzene rings is 3. The first-order chi connectivity index (χ1) is 18.0. The zero-order valence-electron chi connectivity index (χ0n) is 22.1. The van der Waals surface area contributed by atoms with Crippen LogP contribution >= 0.6 is 0 Å². The van der Waals surface area contributed by atoms with Gasteiger partial charge >= 0.3 is 0 Å². The summed E-state index contributed by atoms with van der Waals surface area (Å²) in [6.45, 7) is 7.27. The Morgan fingerprint density at radius 1 is 0.895 bits per heavy atom. The molecular formula is C29H34FN3O4S. The summed E-state index contributed by atoms with van der Waals surface area (Å²) in [5, 5.41) is 2.84. The van der Waals surface area contributed by atoms with Crippen molar-refractivity contribution in [3.8, 4) is 0 Å². The van der Waals surface area contributed by atoms with Gasteiger partial charge in [-0.25, -0.2) is 12.8 Å². The van der Waals surface area contributed by atoms with Crippen molar-refractivity contribution in [1.82, 2.24) is 10.2 Å². The topological polar surface area (TPSA) is 86.8 Å². The van der Waals surface area contributed by atoms with Crippen molar-refractivity contribution in [2.24, 2.45) is 5.92 Å². The van der Waals surface area contributed by atoms with Gasteiger partial charge in [0.25, 0.3) is 10.0 Å². The number of nitrogens with one attached hydrogen (secondary N) is 1. The van der Waals surface area contributed by atoms with Crippen molar-refractivity contribution >= 4 is 27.5 Å². The van der Waals surface area contributed by atoms with Crippen molar-refractivity contribution in [1.29, 1.82) is 0 Å². The minimum atomic E-state index is -4.31. The van der Waals surface area contributed by atoms with Crippen LogP contribution in [0.3, 0.4) is 0 Å². The molecule has 2 amide bonds. The molecule has 0 radical (unpaired) electrons. The first kappa shape index (κ1) is 28.8. The highest BCUT2D eigenvalue weighted by molar-refractivity contribution is 7.92. The summed E-state index contributed by atoms with van der Waals surface area (Å²) >= 11 is 0. The zero-order valence-corrected chi connectivity index (χ0v) is 22.9. The minimum absolute atomic E-state index is 0.0753. The quantitative estimate of drug-likeness (QED) is 0.388. The Hall–Kier alpha value is -3.72. The second-order valence-electron chi connectivity index (χ2n) is 9.60. The highest BCUT2D eigenvalue weighted by atomic mass is 32.2. The minimum Gasteiger partial charge on any atom is -0.354 e. The molecular weight excluding hydrogens is 505 g/mol. The predicted molar refractivity (Wildman–Crippen MR) is 146 cm³/mol. The van der Waals surface area contributed by atoms with E-state index in [2.05, 4.69) is 5.32 Å². The fraction of sp³-hybridized carbons (Fsp3) is 0.310. The standard InChI is InChI=1S/C29H34FN3O4S/c1-21(2)18-31-29(35)23(4)32(19-24-16-14-22(3)15-17-24)28(34)20-33(27-13-9-8-12-26(27)30)38(36,37)25-10-6-5-7-11-25/h5-17,21,23H,18-20H2,1-4H3,(H,31,35)/t23-/m1/s1. The Bertz CT molecular complexity index is 1350. The van der Waals surface area contributed by atoms with E-state index in [0.29, 0.717) is 6.54 Å². The van der Waals surface area contributed by atoms with E-state index in [0.717, 1.165) is 21.5 Å². The molecule has 1 atom stereocenters. The number of halogens is 1. The van der Waals surface area contributed by atoms with Crippen LogP contribution in [0.5, 0.6) is 0 Å². The van der Waals surface area contributed by atoms with Gasteiger partial charge < -0.3 is 10.2 Å². The maximum absolute atomic E-state index is 14.9. The highest BCUT2D eigenvalue weighted by Gasteiger charge is 2.33. The molecule has 0 bridgehead atoms. The van der Waals surface area contributed by atoms with E-state index < -0.39 is 34.3 Å². The number of amides is 2. The Labute approximate surface area is 224 Å². The molecule has 9 heteroatoms. The van der Waals surface area contributed by atoms with Gasteiger partial charge in [-0.05, 0) is 49.6 Å². The molecule has 7 nitrogen and oxygen atoms in total. The molecule has 202 valence electrons. The highest BCUT2D eigenvalue weighted by Crippen LogP contribution is 2.26. The van der Waals surface area contributed by atoms with E-state index in [1.54, 1.807) is 25.1 Å². The number of nitrogens with zero attached hydrogens (tertiary/aromatic N) is 2. The van der Waals surface area contributed by atoms with Crippen LogP contribution in [0.25, 0.3) is 0 Å². The Balaban J connectivity index is 2.00. The third-order valence-electron chi connectivity index (χ3n) is 6.06. The molecule has 0 aromatic heterocycles. The lowest BCUT2D eigenvalue weighted by atomic mass is 10.1. The summed E-state index contributed by atoms with van der Waals surface area (Å²) in [5.74, 6) is -1.57. The third kappa shape index (κ3) is 7.19. The maximum Gasteiger partial charge on any atom is 0.264 e. The van der Waals surface area contributed by atoms with Crippen molar-refractivity contribution in [3.63, 3.8) is 0 Å². The molecule has 0 fully saturated rings. The van der Waals surface area contributed by atoms with Crippen LogP contribution in [0.2, 0.25) is 0 Å². The number of sulfonamides is 1. The molecule has 0 aliphatic rings. The van der Waals surface area contributed by atoms with Crippen LogP contribution in [-0.4, -0.2) is 44.3 Å². The number of carbonyl (C=O) groups excluding carboxylic acids is 2. The van der Waals surface area contributed by atoms with E-state index in [1.807, 2.05) is 45.0 Å². The number of anilines is 1. The van der Waals surface area contributed by atoms with Gasteiger partial charge in [-0.2, -0.15) is 0 Å². The number of rotatable bonds is 11. The predicted octanol–water partition coefficient (Wildman–Crippen LogP) is 4.52. The largest absolute Gasteiger partial charge is 0.354 e. The van der Waals surface area contributed by atoms with E-state index >= 15 is 0 Å². The molecule has 0 unspecified atom stereocenters. The maximum atomic E-state index is 14.9. The van der Waals surface area contributed by atoms with E-state index in [4.69, 9.17) is 0 Å². The Morgan fingerprint density at radius 2 is 1.50 bits per heavy atom. The average Bonchev–Trinajstić information content (AvgIpc) is 2.90. The van der Waals surface area contributed by atoms with Crippen LogP contribution in [0.4, 0.5) is 10.1 Å². The van der Waals surface area contributed by atoms with Gasteiger partial charge in [0, 0.05) is 13.1 Å². The van der Waals surface area contributed by atoms with Crippen LogP contribution in [0.1, 0.15) is 31.9 Å². The first-order valence-corrected chi connectivity index (χ1v) is 13.9. The summed E-state index contributed by atoms with van der Waals surface area (Å²) in [5.41, 5.74) is 1.56. The molecule has 38 heavy (non-hydrogen) atoms. The number of carbonyl (C=O) groups is 2. The lowest BCUT2D eigenvalue weighted by Gasteiger charge is -2.32. The SMILES string of the molecule is Cc1ccc(CN(C(=O)CN(c2ccccc2F)S(=O)(=O)c2ccccc2)[C@H](C)C(=O)NCC(C)C)cc1. The third-order valence-corrected chi connectivity index (χ3v) is 7.83. The van der Waals surface area contributed by atoms with Gasteiger partial charge in [-0.15, -0.1) is 0 Å². The van der Waals surface area contributed by atoms with Gasteiger partial charge in [0.2, 0.25) is 11.8 Å². The first-order valence-electron chi connectivity index (χ1n) is 12.5. The molecule has 0 saturated heterocycles. The van der Waals surface area contributed by atoms with Gasteiger partial charge in [-0.1, -0.05) is 74.0 Å². The second-order valence-corrected chi connectivity index (χ2v) is 11.5. The van der Waals surface area contributed by atoms with Gasteiger partial charge in [-0.3, -0.25) is 13.9 Å². The Morgan fingerprint density at radius 3 is 2.11 bits per heavy atom. The molecule has 1 N–H and O–H groups in total. The van der Waals surface area contributed by atoms with Crippen LogP contribution in [0.15, 0.2) is 83.8 Å². The lowest BCUT2D eigenvalue weighted by molar-refractivity contribution is -0.139.